The Hall–Kier alpha value is -1.92. The molecule has 0 unspecified atom stereocenters. The van der Waals surface area contributed by atoms with E-state index in [2.05, 4.69) is 14.5 Å². The average molecular weight is 290 g/mol. The fraction of sp³-hybridized carbons (Fsp3) is 0.467. The van der Waals surface area contributed by atoms with Gasteiger partial charge < -0.3 is 19.8 Å². The molecule has 0 fully saturated rings. The van der Waals surface area contributed by atoms with E-state index in [9.17, 15) is 0 Å². The second-order valence-corrected chi connectivity index (χ2v) is 4.75. The summed E-state index contributed by atoms with van der Waals surface area (Å²) in [4.78, 5) is 8.34. The maximum Gasteiger partial charge on any atom is 0.0950 e. The zero-order chi connectivity index (χ0) is 14.9. The Morgan fingerprint density at radius 3 is 2.86 bits per heavy atom. The predicted molar refractivity (Wildman–Crippen MR) is 81.8 cm³/mol. The molecular weight excluding hydrogens is 268 g/mol. The molecule has 2 aromatic rings. The van der Waals surface area contributed by atoms with Crippen molar-refractivity contribution in [1.82, 2.24) is 14.5 Å². The molecule has 2 N–H and O–H groups in total. The van der Waals surface area contributed by atoms with E-state index in [1.54, 1.807) is 25.6 Å². The standard InChI is InChI=1S/C15H22N4O2/c1-20-8-9-21-7-3-2-6-19-12-18-11-15(19)13-10-17-5-4-14(13)16/h4-5,10-12H,2-3,6-9H2,1H3,(H2,16,17). The first kappa shape index (κ1) is 15.5. The molecule has 0 aliphatic carbocycles. The van der Waals surface area contributed by atoms with Crippen LogP contribution in [0.4, 0.5) is 5.69 Å². The quantitative estimate of drug-likeness (QED) is 0.715. The fourth-order valence-electron chi connectivity index (χ4n) is 2.07. The minimum absolute atomic E-state index is 0.645. The van der Waals surface area contributed by atoms with Crippen LogP contribution in [0.3, 0.4) is 0 Å². The normalized spacial score (nSPS) is 10.9. The lowest BCUT2D eigenvalue weighted by Gasteiger charge is -2.10. The first-order valence-corrected chi connectivity index (χ1v) is 7.09. The Morgan fingerprint density at radius 1 is 1.14 bits per heavy atom. The van der Waals surface area contributed by atoms with Crippen molar-refractivity contribution in [2.75, 3.05) is 32.7 Å². The van der Waals surface area contributed by atoms with E-state index < -0.39 is 0 Å². The van der Waals surface area contributed by atoms with Gasteiger partial charge in [0.05, 0.1) is 31.4 Å². The lowest BCUT2D eigenvalue weighted by atomic mass is 10.2. The summed E-state index contributed by atoms with van der Waals surface area (Å²) in [5.41, 5.74) is 8.63. The van der Waals surface area contributed by atoms with E-state index in [-0.39, 0.29) is 0 Å². The second kappa shape index (κ2) is 8.39. The van der Waals surface area contributed by atoms with Crippen molar-refractivity contribution in [2.45, 2.75) is 19.4 Å². The minimum atomic E-state index is 0.645. The van der Waals surface area contributed by atoms with Crippen LogP contribution in [0.15, 0.2) is 31.0 Å². The predicted octanol–water partition coefficient (Wildman–Crippen LogP) is 1.97. The SMILES string of the molecule is COCCOCCCCn1cncc1-c1cnccc1N. The highest BCUT2D eigenvalue weighted by Crippen LogP contribution is 2.24. The van der Waals surface area contributed by atoms with Gasteiger partial charge in [0.15, 0.2) is 0 Å². The molecule has 0 saturated carbocycles. The first-order chi connectivity index (χ1) is 10.3. The molecule has 0 bridgehead atoms. The van der Waals surface area contributed by atoms with Crippen molar-refractivity contribution in [2.24, 2.45) is 0 Å². The molecule has 6 nitrogen and oxygen atoms in total. The number of nitrogens with two attached hydrogens (primary N) is 1. The van der Waals surface area contributed by atoms with Gasteiger partial charge in [0.1, 0.15) is 0 Å². The van der Waals surface area contributed by atoms with Crippen LogP contribution in [0.2, 0.25) is 0 Å². The highest BCUT2D eigenvalue weighted by Gasteiger charge is 2.08. The molecule has 0 aliphatic rings. The van der Waals surface area contributed by atoms with Crippen molar-refractivity contribution in [3.05, 3.63) is 31.0 Å². The Morgan fingerprint density at radius 2 is 2.05 bits per heavy atom. The van der Waals surface area contributed by atoms with Crippen LogP contribution in [-0.2, 0) is 16.0 Å². The number of aryl methyl sites for hydroxylation is 1. The fourth-order valence-corrected chi connectivity index (χ4v) is 2.07. The molecule has 0 radical (unpaired) electrons. The van der Waals surface area contributed by atoms with Gasteiger partial charge in [-0.25, -0.2) is 4.98 Å². The smallest absolute Gasteiger partial charge is 0.0950 e. The zero-order valence-corrected chi connectivity index (χ0v) is 12.4. The Kier molecular flexibility index (Phi) is 6.18. The van der Waals surface area contributed by atoms with Crippen LogP contribution < -0.4 is 5.73 Å². The van der Waals surface area contributed by atoms with Crippen molar-refractivity contribution in [3.8, 4) is 11.3 Å². The summed E-state index contributed by atoms with van der Waals surface area (Å²) in [5.74, 6) is 0. The summed E-state index contributed by atoms with van der Waals surface area (Å²) in [6.45, 7) is 2.94. The maximum atomic E-state index is 5.99. The largest absolute Gasteiger partial charge is 0.398 e. The Labute approximate surface area is 124 Å². The number of aromatic nitrogens is 3. The third-order valence-corrected chi connectivity index (χ3v) is 3.21. The summed E-state index contributed by atoms with van der Waals surface area (Å²) in [7, 11) is 1.67. The molecule has 21 heavy (non-hydrogen) atoms. The number of hydrogen-bond acceptors (Lipinski definition) is 5. The zero-order valence-electron chi connectivity index (χ0n) is 12.4. The number of nitrogens with zero attached hydrogens (tertiary/aromatic N) is 3. The van der Waals surface area contributed by atoms with E-state index in [0.717, 1.165) is 42.9 Å². The van der Waals surface area contributed by atoms with Gasteiger partial charge >= 0.3 is 0 Å². The third kappa shape index (κ3) is 4.54. The van der Waals surface area contributed by atoms with E-state index in [1.807, 2.05) is 12.5 Å². The maximum absolute atomic E-state index is 5.99. The first-order valence-electron chi connectivity index (χ1n) is 7.09. The van der Waals surface area contributed by atoms with Crippen molar-refractivity contribution < 1.29 is 9.47 Å². The molecule has 0 aliphatic heterocycles. The number of hydrogen-bond donors (Lipinski definition) is 1. The Bertz CT molecular complexity index is 542. The van der Waals surface area contributed by atoms with Crippen molar-refractivity contribution >= 4 is 5.69 Å². The Balaban J connectivity index is 1.83. The summed E-state index contributed by atoms with van der Waals surface area (Å²) < 4.78 is 12.5. The number of anilines is 1. The summed E-state index contributed by atoms with van der Waals surface area (Å²) >= 11 is 0. The topological polar surface area (TPSA) is 75.2 Å². The van der Waals surface area contributed by atoms with Crippen LogP contribution >= 0.6 is 0 Å². The lowest BCUT2D eigenvalue weighted by molar-refractivity contribution is 0.0684. The molecule has 0 saturated heterocycles. The molecule has 2 heterocycles. The number of rotatable bonds is 9. The van der Waals surface area contributed by atoms with Gasteiger partial charge in [0.25, 0.3) is 0 Å². The van der Waals surface area contributed by atoms with Gasteiger partial charge in [-0.05, 0) is 18.9 Å². The van der Waals surface area contributed by atoms with Crippen LogP contribution in [0.1, 0.15) is 12.8 Å². The van der Waals surface area contributed by atoms with Crippen LogP contribution in [-0.4, -0.2) is 41.5 Å². The van der Waals surface area contributed by atoms with E-state index in [4.69, 9.17) is 15.2 Å². The minimum Gasteiger partial charge on any atom is -0.398 e. The highest BCUT2D eigenvalue weighted by molar-refractivity contribution is 5.72. The number of methoxy groups -OCH3 is 1. The molecule has 0 spiro atoms. The number of imidazole rings is 1. The molecular formula is C15H22N4O2. The van der Waals surface area contributed by atoms with Gasteiger partial charge in [0, 0.05) is 43.9 Å². The second-order valence-electron chi connectivity index (χ2n) is 4.75. The summed E-state index contributed by atoms with van der Waals surface area (Å²) in [5, 5.41) is 0. The number of ether oxygens (including phenoxy) is 2. The van der Waals surface area contributed by atoms with Gasteiger partial charge in [-0.15, -0.1) is 0 Å². The highest BCUT2D eigenvalue weighted by atomic mass is 16.5. The van der Waals surface area contributed by atoms with E-state index in [1.165, 1.54) is 0 Å². The van der Waals surface area contributed by atoms with Gasteiger partial charge in [-0.3, -0.25) is 4.98 Å². The molecule has 0 atom stereocenters. The van der Waals surface area contributed by atoms with Gasteiger partial charge in [-0.1, -0.05) is 0 Å². The van der Waals surface area contributed by atoms with Gasteiger partial charge in [0.2, 0.25) is 0 Å². The van der Waals surface area contributed by atoms with Crippen molar-refractivity contribution in [1.29, 1.82) is 0 Å². The molecule has 0 aromatic carbocycles. The van der Waals surface area contributed by atoms with Crippen LogP contribution in [0.5, 0.6) is 0 Å². The van der Waals surface area contributed by atoms with Gasteiger partial charge in [-0.2, -0.15) is 0 Å². The van der Waals surface area contributed by atoms with Crippen molar-refractivity contribution in [3.63, 3.8) is 0 Å². The lowest BCUT2D eigenvalue weighted by Crippen LogP contribution is -2.05. The van der Waals surface area contributed by atoms with E-state index in [0.29, 0.717) is 13.2 Å². The number of pyridine rings is 1. The number of unbranched alkanes of at least 4 members (excludes halogenated alkanes) is 1. The average Bonchev–Trinajstić information content (AvgIpc) is 2.95. The molecule has 0 amide bonds. The van der Waals surface area contributed by atoms with Crippen LogP contribution in [0.25, 0.3) is 11.3 Å². The third-order valence-electron chi connectivity index (χ3n) is 3.21. The molecule has 2 rings (SSSR count). The summed E-state index contributed by atoms with van der Waals surface area (Å²) in [6.07, 6.45) is 9.14. The number of nitrogen functional groups attached to an aromatic ring is 1. The molecule has 114 valence electrons. The van der Waals surface area contributed by atoms with E-state index >= 15 is 0 Å². The summed E-state index contributed by atoms with van der Waals surface area (Å²) in [6, 6.07) is 1.80. The van der Waals surface area contributed by atoms with Crippen LogP contribution in [0, 0.1) is 0 Å². The molecule has 6 heteroatoms. The monoisotopic (exact) mass is 290 g/mol. The molecule has 2 aromatic heterocycles.